The Morgan fingerprint density at radius 1 is 1.18 bits per heavy atom. The van der Waals surface area contributed by atoms with E-state index in [9.17, 15) is 4.79 Å². The molecule has 0 radical (unpaired) electrons. The minimum Gasteiger partial charge on any atom is -0.490 e. The van der Waals surface area contributed by atoms with Crippen molar-refractivity contribution in [2.24, 2.45) is 5.10 Å². The second-order valence-corrected chi connectivity index (χ2v) is 6.82. The van der Waals surface area contributed by atoms with Crippen molar-refractivity contribution < 1.29 is 14.3 Å². The molecule has 28 heavy (non-hydrogen) atoms. The lowest BCUT2D eigenvalue weighted by Crippen LogP contribution is -2.19. The molecule has 0 bridgehead atoms. The lowest BCUT2D eigenvalue weighted by molar-refractivity contribution is -0.121. The average Bonchev–Trinajstić information content (AvgIpc) is 2.88. The number of hydrogen-bond donors (Lipinski definition) is 1. The van der Waals surface area contributed by atoms with Gasteiger partial charge in [-0.05, 0) is 42.3 Å². The Morgan fingerprint density at radius 2 is 2.00 bits per heavy atom. The molecule has 1 amide bonds. The fraction of sp³-hybridized carbons (Fsp3) is 0.273. The van der Waals surface area contributed by atoms with Crippen LogP contribution in [0, 0.1) is 6.92 Å². The SMILES string of the molecule is Cc1cn(CCC(=O)NN=Cc2ccc3c(c2)OCCCO3)c2ccccc12. The highest BCUT2D eigenvalue weighted by Crippen LogP contribution is 2.29. The summed E-state index contributed by atoms with van der Waals surface area (Å²) in [5.74, 6) is 1.33. The van der Waals surface area contributed by atoms with Gasteiger partial charge in [-0.1, -0.05) is 18.2 Å². The van der Waals surface area contributed by atoms with Gasteiger partial charge in [0.2, 0.25) is 5.91 Å². The van der Waals surface area contributed by atoms with Crippen LogP contribution >= 0.6 is 0 Å². The molecule has 2 aromatic carbocycles. The van der Waals surface area contributed by atoms with Crippen LogP contribution in [0.4, 0.5) is 0 Å². The number of carbonyl (C=O) groups is 1. The molecule has 1 aliphatic rings. The van der Waals surface area contributed by atoms with E-state index >= 15 is 0 Å². The highest BCUT2D eigenvalue weighted by molar-refractivity contribution is 5.85. The number of benzene rings is 2. The van der Waals surface area contributed by atoms with E-state index in [2.05, 4.69) is 40.3 Å². The normalized spacial score (nSPS) is 13.6. The van der Waals surface area contributed by atoms with Gasteiger partial charge in [0.1, 0.15) is 0 Å². The largest absolute Gasteiger partial charge is 0.490 e. The highest BCUT2D eigenvalue weighted by Gasteiger charge is 2.10. The molecule has 0 saturated heterocycles. The van der Waals surface area contributed by atoms with Crippen molar-refractivity contribution in [3.05, 3.63) is 59.8 Å². The molecule has 0 aliphatic carbocycles. The average molecular weight is 377 g/mol. The van der Waals surface area contributed by atoms with E-state index in [0.29, 0.717) is 31.9 Å². The van der Waals surface area contributed by atoms with E-state index in [1.165, 1.54) is 10.9 Å². The molecular formula is C22H23N3O3. The molecule has 4 rings (SSSR count). The fourth-order valence-corrected chi connectivity index (χ4v) is 3.33. The minimum absolute atomic E-state index is 0.124. The molecule has 0 spiro atoms. The van der Waals surface area contributed by atoms with Gasteiger partial charge in [-0.2, -0.15) is 5.10 Å². The van der Waals surface area contributed by atoms with Crippen molar-refractivity contribution >= 4 is 23.0 Å². The summed E-state index contributed by atoms with van der Waals surface area (Å²) in [6, 6.07) is 13.8. The molecule has 6 heteroatoms. The quantitative estimate of drug-likeness (QED) is 0.545. The van der Waals surface area contributed by atoms with Gasteiger partial charge >= 0.3 is 0 Å². The van der Waals surface area contributed by atoms with Crippen molar-refractivity contribution in [3.63, 3.8) is 0 Å². The zero-order valence-electron chi connectivity index (χ0n) is 15.9. The summed E-state index contributed by atoms with van der Waals surface area (Å²) in [4.78, 5) is 12.1. The number of hydrazone groups is 1. The van der Waals surface area contributed by atoms with Gasteiger partial charge in [-0.15, -0.1) is 0 Å². The lowest BCUT2D eigenvalue weighted by atomic mass is 10.2. The van der Waals surface area contributed by atoms with Crippen molar-refractivity contribution in [2.75, 3.05) is 13.2 Å². The molecule has 3 aromatic rings. The third-order valence-corrected chi connectivity index (χ3v) is 4.74. The summed E-state index contributed by atoms with van der Waals surface area (Å²) in [7, 11) is 0. The Balaban J connectivity index is 1.33. The minimum atomic E-state index is -0.124. The van der Waals surface area contributed by atoms with Crippen LogP contribution < -0.4 is 14.9 Å². The summed E-state index contributed by atoms with van der Waals surface area (Å²) in [5, 5.41) is 5.28. The van der Waals surface area contributed by atoms with E-state index in [-0.39, 0.29) is 5.91 Å². The fourth-order valence-electron chi connectivity index (χ4n) is 3.33. The van der Waals surface area contributed by atoms with Crippen LogP contribution in [0.25, 0.3) is 10.9 Å². The molecule has 0 unspecified atom stereocenters. The number of rotatable bonds is 5. The number of amides is 1. The maximum Gasteiger partial charge on any atom is 0.241 e. The summed E-state index contributed by atoms with van der Waals surface area (Å²) in [6.07, 6.45) is 4.92. The summed E-state index contributed by atoms with van der Waals surface area (Å²) >= 11 is 0. The van der Waals surface area contributed by atoms with E-state index in [1.54, 1.807) is 6.21 Å². The number of fused-ring (bicyclic) bond motifs is 2. The second kappa shape index (κ2) is 8.17. The predicted octanol–water partition coefficient (Wildman–Crippen LogP) is 3.65. The monoisotopic (exact) mass is 377 g/mol. The van der Waals surface area contributed by atoms with E-state index < -0.39 is 0 Å². The molecule has 144 valence electrons. The van der Waals surface area contributed by atoms with E-state index in [4.69, 9.17) is 9.47 Å². The zero-order valence-corrected chi connectivity index (χ0v) is 15.9. The summed E-state index contributed by atoms with van der Waals surface area (Å²) in [6.45, 7) is 3.99. The Hall–Kier alpha value is -3.28. The zero-order chi connectivity index (χ0) is 19.3. The van der Waals surface area contributed by atoms with Crippen molar-refractivity contribution in [3.8, 4) is 11.5 Å². The predicted molar refractivity (Wildman–Crippen MR) is 109 cm³/mol. The van der Waals surface area contributed by atoms with Crippen LogP contribution in [-0.2, 0) is 11.3 Å². The van der Waals surface area contributed by atoms with E-state index in [0.717, 1.165) is 23.3 Å². The van der Waals surface area contributed by atoms with Crippen LogP contribution in [0.5, 0.6) is 11.5 Å². The van der Waals surface area contributed by atoms with Crippen LogP contribution in [0.2, 0.25) is 0 Å². The summed E-state index contributed by atoms with van der Waals surface area (Å²) in [5.41, 5.74) is 5.79. The first kappa shape index (κ1) is 18.1. The van der Waals surface area contributed by atoms with E-state index in [1.807, 2.05) is 30.3 Å². The van der Waals surface area contributed by atoms with Gasteiger partial charge in [0.05, 0.1) is 19.4 Å². The number of nitrogens with one attached hydrogen (secondary N) is 1. The Bertz CT molecular complexity index is 1020. The van der Waals surface area contributed by atoms with Gasteiger partial charge in [0.25, 0.3) is 0 Å². The number of carbonyl (C=O) groups excluding carboxylic acids is 1. The molecule has 0 atom stereocenters. The molecule has 0 fully saturated rings. The van der Waals surface area contributed by atoms with Gasteiger partial charge in [-0.3, -0.25) is 4.79 Å². The van der Waals surface area contributed by atoms with Crippen LogP contribution in [-0.4, -0.2) is 29.9 Å². The second-order valence-electron chi connectivity index (χ2n) is 6.82. The maximum atomic E-state index is 12.1. The van der Waals surface area contributed by atoms with Crippen molar-refractivity contribution in [1.29, 1.82) is 0 Å². The summed E-state index contributed by atoms with van der Waals surface area (Å²) < 4.78 is 13.4. The number of nitrogens with zero attached hydrogens (tertiary/aromatic N) is 2. The smallest absolute Gasteiger partial charge is 0.241 e. The van der Waals surface area contributed by atoms with Gasteiger partial charge in [0, 0.05) is 36.5 Å². The number of hydrogen-bond acceptors (Lipinski definition) is 4. The third kappa shape index (κ3) is 4.01. The first-order valence-corrected chi connectivity index (χ1v) is 9.47. The van der Waals surface area contributed by atoms with Crippen LogP contribution in [0.3, 0.4) is 0 Å². The molecular weight excluding hydrogens is 354 g/mol. The van der Waals surface area contributed by atoms with Crippen molar-refractivity contribution in [1.82, 2.24) is 9.99 Å². The standard InChI is InChI=1S/C22H23N3O3/c1-16-15-25(19-6-3-2-5-18(16)19)10-9-22(26)24-23-14-17-7-8-20-21(13-17)28-12-4-11-27-20/h2-3,5-8,13-15H,4,9-12H2,1H3,(H,24,26). The topological polar surface area (TPSA) is 64.9 Å². The van der Waals surface area contributed by atoms with Crippen LogP contribution in [0.15, 0.2) is 53.8 Å². The Kier molecular flexibility index (Phi) is 5.28. The van der Waals surface area contributed by atoms with Gasteiger partial charge in [0.15, 0.2) is 11.5 Å². The molecule has 1 N–H and O–H groups in total. The molecule has 1 aliphatic heterocycles. The van der Waals surface area contributed by atoms with Gasteiger partial charge in [-0.25, -0.2) is 5.43 Å². The Labute approximate surface area is 163 Å². The number of aromatic nitrogens is 1. The highest BCUT2D eigenvalue weighted by atomic mass is 16.5. The molecule has 6 nitrogen and oxygen atoms in total. The first-order chi connectivity index (χ1) is 13.7. The van der Waals surface area contributed by atoms with Crippen LogP contribution in [0.1, 0.15) is 24.0 Å². The molecule has 2 heterocycles. The third-order valence-electron chi connectivity index (χ3n) is 4.74. The number of aryl methyl sites for hydroxylation is 2. The first-order valence-electron chi connectivity index (χ1n) is 9.47. The molecule has 0 saturated carbocycles. The Morgan fingerprint density at radius 3 is 2.89 bits per heavy atom. The van der Waals surface area contributed by atoms with Gasteiger partial charge < -0.3 is 14.0 Å². The lowest BCUT2D eigenvalue weighted by Gasteiger charge is -2.07. The molecule has 1 aromatic heterocycles. The number of para-hydroxylation sites is 1. The van der Waals surface area contributed by atoms with Crippen molar-refractivity contribution in [2.45, 2.75) is 26.3 Å². The number of ether oxygens (including phenoxy) is 2. The maximum absolute atomic E-state index is 12.1.